The minimum atomic E-state index is -0.582. The average molecular weight is 906 g/mol. The average Bonchev–Trinajstić information content (AvgIpc) is 3.87. The quantitative estimate of drug-likeness (QED) is 0.104. The molecule has 6 heterocycles. The number of halogens is 2. The van der Waals surface area contributed by atoms with Gasteiger partial charge in [0.2, 0.25) is 17.8 Å². The highest BCUT2D eigenvalue weighted by atomic mass is 19.1. The summed E-state index contributed by atoms with van der Waals surface area (Å²) in [7, 11) is 5.51. The zero-order valence-electron chi connectivity index (χ0n) is 37.5. The molecule has 0 saturated carbocycles. The van der Waals surface area contributed by atoms with Gasteiger partial charge in [-0.3, -0.25) is 14.2 Å². The van der Waals surface area contributed by atoms with E-state index in [-0.39, 0.29) is 23.2 Å². The number of nitrogens with two attached hydrogens (primary N) is 2. The van der Waals surface area contributed by atoms with Crippen molar-refractivity contribution in [3.05, 3.63) is 142 Å². The van der Waals surface area contributed by atoms with Crippen LogP contribution in [-0.2, 0) is 25.9 Å². The zero-order chi connectivity index (χ0) is 46.9. The molecule has 2 aliphatic heterocycles. The van der Waals surface area contributed by atoms with Gasteiger partial charge in [0.25, 0.3) is 5.91 Å². The number of imidazole rings is 1. The second kappa shape index (κ2) is 18.4. The molecule has 8 aromatic rings. The number of amides is 2. The Morgan fingerprint density at radius 2 is 1.16 bits per heavy atom. The Labute approximate surface area is 384 Å². The van der Waals surface area contributed by atoms with E-state index in [0.29, 0.717) is 47.4 Å². The number of benzene rings is 4. The van der Waals surface area contributed by atoms with E-state index in [1.54, 1.807) is 34.9 Å². The van der Waals surface area contributed by atoms with Gasteiger partial charge < -0.3 is 36.6 Å². The molecule has 67 heavy (non-hydrogen) atoms. The second-order valence-electron chi connectivity index (χ2n) is 16.6. The minimum absolute atomic E-state index is 0.234. The molecule has 16 nitrogen and oxygen atoms in total. The van der Waals surface area contributed by atoms with Crippen LogP contribution in [0.2, 0.25) is 0 Å². The molecule has 0 fully saturated rings. The van der Waals surface area contributed by atoms with Crippen LogP contribution in [0.5, 0.6) is 6.01 Å². The maximum absolute atomic E-state index is 13.7. The standard InChI is InChI=1S/C25H25FN6O.C24H24FN7O2/c1-15-12-20-18(22(27)33)8-4-10-21(20)32(15)25-29-23(19-9-5-11-31(2)24(19)30-25)28-14-16-6-3-7-17(26)13-16;1-31-11-5-9-17-21(27-13-14-6-3-7-15(25)12-14)29-23(30-22(17)31)32-18-10-4-8-16(20(26)33)19(18)28-24(32)34-2/h3-4,6-8,10,12-13H,5,9,11,14H2,1-2H3,(H2,27,33)(H,28,29,30);3-4,6-8,10,12H,5,9,11,13H2,1-2H3,(H2,26,33)(H,27,29,30). The number of carbonyl (C=O) groups is 2. The third-order valence-corrected chi connectivity index (χ3v) is 12.0. The molecule has 6 N–H and O–H groups in total. The number of ether oxygens (including phenoxy) is 1. The molecular formula is C49H49F2N13O3. The molecule has 0 aliphatic carbocycles. The van der Waals surface area contributed by atoms with E-state index in [1.807, 2.05) is 62.0 Å². The van der Waals surface area contributed by atoms with E-state index in [2.05, 4.69) is 25.4 Å². The van der Waals surface area contributed by atoms with Crippen LogP contribution in [0.3, 0.4) is 0 Å². The number of hydrogen-bond acceptors (Lipinski definition) is 12. The van der Waals surface area contributed by atoms with Gasteiger partial charge in [-0.2, -0.15) is 24.9 Å². The van der Waals surface area contributed by atoms with Crippen LogP contribution < -0.4 is 36.6 Å². The molecular weight excluding hydrogens is 857 g/mol. The van der Waals surface area contributed by atoms with E-state index in [4.69, 9.17) is 36.1 Å². The van der Waals surface area contributed by atoms with Crippen LogP contribution >= 0.6 is 0 Å². The fraction of sp³-hybridized carbons (Fsp3) is 0.245. The molecule has 4 aromatic heterocycles. The maximum atomic E-state index is 13.7. The molecule has 0 bridgehead atoms. The third-order valence-electron chi connectivity index (χ3n) is 12.0. The van der Waals surface area contributed by atoms with E-state index in [1.165, 1.54) is 31.4 Å². The van der Waals surface area contributed by atoms with Crippen LogP contribution in [-0.4, -0.2) is 80.2 Å². The van der Waals surface area contributed by atoms with Crippen LogP contribution in [0.15, 0.2) is 91.0 Å². The predicted octanol–water partition coefficient (Wildman–Crippen LogP) is 7.02. The highest BCUT2D eigenvalue weighted by Crippen LogP contribution is 2.35. The molecule has 18 heteroatoms. The summed E-state index contributed by atoms with van der Waals surface area (Å²) in [5.41, 5.74) is 18.3. The van der Waals surface area contributed by atoms with Crippen LogP contribution in [0, 0.1) is 18.6 Å². The number of para-hydroxylation sites is 1. The summed E-state index contributed by atoms with van der Waals surface area (Å²) in [6, 6.07) is 25.8. The van der Waals surface area contributed by atoms with Crippen molar-refractivity contribution < 1.29 is 23.1 Å². The molecule has 4 aromatic carbocycles. The lowest BCUT2D eigenvalue weighted by atomic mass is 10.1. The van der Waals surface area contributed by atoms with Crippen LogP contribution in [0.1, 0.15) is 61.5 Å². The van der Waals surface area contributed by atoms with Gasteiger partial charge in [-0.15, -0.1) is 0 Å². The Bertz CT molecular complexity index is 3210. The minimum Gasteiger partial charge on any atom is -0.468 e. The van der Waals surface area contributed by atoms with Crippen molar-refractivity contribution in [1.29, 1.82) is 0 Å². The number of anilines is 4. The molecule has 10 rings (SSSR count). The summed E-state index contributed by atoms with van der Waals surface area (Å²) in [5.74, 6) is 2.32. The van der Waals surface area contributed by atoms with Crippen molar-refractivity contribution in [2.24, 2.45) is 11.5 Å². The van der Waals surface area contributed by atoms with E-state index >= 15 is 0 Å². The molecule has 2 aliphatic rings. The lowest BCUT2D eigenvalue weighted by molar-refractivity contribution is 0.0993. The number of aryl methyl sites for hydroxylation is 1. The van der Waals surface area contributed by atoms with Gasteiger partial charge in [0.05, 0.1) is 23.7 Å². The molecule has 342 valence electrons. The van der Waals surface area contributed by atoms with Crippen LogP contribution in [0.4, 0.5) is 32.1 Å². The van der Waals surface area contributed by atoms with Gasteiger partial charge in [-0.25, -0.2) is 13.3 Å². The number of nitrogens with zero attached hydrogens (tertiary/aromatic N) is 9. The Kier molecular flexibility index (Phi) is 12.1. The number of fused-ring (bicyclic) bond motifs is 4. The molecule has 0 atom stereocenters. The largest absolute Gasteiger partial charge is 0.468 e. The maximum Gasteiger partial charge on any atom is 0.304 e. The van der Waals surface area contributed by atoms with Crippen molar-refractivity contribution in [3.8, 4) is 17.9 Å². The Morgan fingerprint density at radius 1 is 0.657 bits per heavy atom. The van der Waals surface area contributed by atoms with Gasteiger partial charge in [0.15, 0.2) is 0 Å². The SMILES string of the molecule is COc1nc2c(C(N)=O)cccc2n1-c1nc(NCc2cccc(F)c2)c2c(n1)N(C)CCC2.Cc1cc2c(C(N)=O)cccc2n1-c1nc(NCc2cccc(F)c2)c2c(n1)N(C)CCC2. The number of primary amides is 2. The van der Waals surface area contributed by atoms with Crippen molar-refractivity contribution in [3.63, 3.8) is 0 Å². The first-order valence-corrected chi connectivity index (χ1v) is 21.9. The van der Waals surface area contributed by atoms with Gasteiger partial charge >= 0.3 is 6.01 Å². The van der Waals surface area contributed by atoms with Gasteiger partial charge in [0, 0.05) is 68.0 Å². The van der Waals surface area contributed by atoms with Crippen molar-refractivity contribution in [2.45, 2.75) is 45.7 Å². The van der Waals surface area contributed by atoms with E-state index in [0.717, 1.165) is 95.1 Å². The van der Waals surface area contributed by atoms with Gasteiger partial charge in [0.1, 0.15) is 40.4 Å². The highest BCUT2D eigenvalue weighted by molar-refractivity contribution is 6.06. The van der Waals surface area contributed by atoms with Crippen molar-refractivity contribution in [1.82, 2.24) is 34.1 Å². The molecule has 0 radical (unpaired) electrons. The first kappa shape index (κ1) is 44.1. The Balaban J connectivity index is 0.000000168. The summed E-state index contributed by atoms with van der Waals surface area (Å²) in [5, 5.41) is 7.54. The number of aromatic nitrogens is 7. The topological polar surface area (TPSA) is 200 Å². The number of methoxy groups -OCH3 is 1. The fourth-order valence-electron chi connectivity index (χ4n) is 8.82. The third kappa shape index (κ3) is 8.72. The monoisotopic (exact) mass is 905 g/mol. The summed E-state index contributed by atoms with van der Waals surface area (Å²) in [6.07, 6.45) is 3.66. The van der Waals surface area contributed by atoms with Crippen LogP contribution in [0.25, 0.3) is 33.8 Å². The number of carbonyl (C=O) groups excluding carboxylic acids is 2. The molecule has 0 unspecified atom stereocenters. The lowest BCUT2D eigenvalue weighted by Crippen LogP contribution is -2.28. The predicted molar refractivity (Wildman–Crippen MR) is 254 cm³/mol. The number of nitrogens with one attached hydrogen (secondary N) is 2. The fourth-order valence-corrected chi connectivity index (χ4v) is 8.82. The second-order valence-corrected chi connectivity index (χ2v) is 16.6. The van der Waals surface area contributed by atoms with Crippen molar-refractivity contribution in [2.75, 3.05) is 54.7 Å². The highest BCUT2D eigenvalue weighted by Gasteiger charge is 2.27. The first-order valence-electron chi connectivity index (χ1n) is 21.9. The summed E-state index contributed by atoms with van der Waals surface area (Å²) in [4.78, 5) is 52.0. The molecule has 2 amide bonds. The Morgan fingerprint density at radius 3 is 1.69 bits per heavy atom. The lowest BCUT2D eigenvalue weighted by Gasteiger charge is -2.28. The molecule has 0 saturated heterocycles. The van der Waals surface area contributed by atoms with Gasteiger partial charge in [-0.1, -0.05) is 36.4 Å². The smallest absolute Gasteiger partial charge is 0.304 e. The van der Waals surface area contributed by atoms with E-state index < -0.39 is 11.8 Å². The zero-order valence-corrected chi connectivity index (χ0v) is 37.5. The Hall–Kier alpha value is -8.15. The van der Waals surface area contributed by atoms with Gasteiger partial charge in [-0.05, 0) is 98.3 Å². The number of hydrogen-bond donors (Lipinski definition) is 4. The number of rotatable bonds is 11. The summed E-state index contributed by atoms with van der Waals surface area (Å²) < 4.78 is 36.4. The summed E-state index contributed by atoms with van der Waals surface area (Å²) >= 11 is 0. The normalized spacial score (nSPS) is 13.2. The molecule has 0 spiro atoms. The first-order chi connectivity index (χ1) is 32.4. The van der Waals surface area contributed by atoms with Crippen molar-refractivity contribution >= 4 is 57.0 Å². The van der Waals surface area contributed by atoms with E-state index in [9.17, 15) is 18.4 Å². The summed E-state index contributed by atoms with van der Waals surface area (Å²) in [6.45, 7) is 4.57.